The number of carbonyl (C=O) groups is 4. The molecular formula is C24H23N3O6. The fraction of sp³-hybridized carbons (Fsp3) is 0.333. The van der Waals surface area contributed by atoms with Crippen molar-refractivity contribution in [3.63, 3.8) is 0 Å². The molecular weight excluding hydrogens is 426 g/mol. The lowest BCUT2D eigenvalue weighted by Gasteiger charge is -2.25. The molecule has 2 fully saturated rings. The second-order valence-corrected chi connectivity index (χ2v) is 8.42. The second-order valence-electron chi connectivity index (χ2n) is 8.42. The van der Waals surface area contributed by atoms with Crippen LogP contribution in [0, 0.1) is 0 Å². The number of nitrogens with zero attached hydrogens (tertiary/aromatic N) is 2. The van der Waals surface area contributed by atoms with E-state index in [-0.39, 0.29) is 18.2 Å². The van der Waals surface area contributed by atoms with E-state index >= 15 is 0 Å². The van der Waals surface area contributed by atoms with Crippen LogP contribution in [0.15, 0.2) is 42.5 Å². The van der Waals surface area contributed by atoms with E-state index in [0.717, 1.165) is 17.0 Å². The summed E-state index contributed by atoms with van der Waals surface area (Å²) in [6.07, 6.45) is 1.34. The van der Waals surface area contributed by atoms with Crippen molar-refractivity contribution in [1.82, 2.24) is 10.2 Å². The normalized spacial score (nSPS) is 22.0. The first kappa shape index (κ1) is 21.0. The molecule has 0 unspecified atom stereocenters. The molecule has 1 N–H and O–H groups in total. The first-order valence-electron chi connectivity index (χ1n) is 10.8. The summed E-state index contributed by atoms with van der Waals surface area (Å²) in [7, 11) is 0. The van der Waals surface area contributed by atoms with E-state index in [1.54, 1.807) is 54.3 Å². The van der Waals surface area contributed by atoms with Gasteiger partial charge in [0.25, 0.3) is 5.91 Å². The average Bonchev–Trinajstić information content (AvgIpc) is 3.35. The van der Waals surface area contributed by atoms with Crippen molar-refractivity contribution >= 4 is 29.3 Å². The van der Waals surface area contributed by atoms with Gasteiger partial charge in [0.15, 0.2) is 17.3 Å². The molecule has 170 valence electrons. The molecule has 2 aromatic carbocycles. The van der Waals surface area contributed by atoms with Crippen molar-refractivity contribution < 1.29 is 28.7 Å². The molecule has 5 rings (SSSR count). The van der Waals surface area contributed by atoms with Crippen LogP contribution in [0.4, 0.5) is 10.5 Å². The van der Waals surface area contributed by atoms with Gasteiger partial charge in [-0.1, -0.05) is 6.07 Å². The lowest BCUT2D eigenvalue weighted by atomic mass is 9.91. The number of amides is 4. The molecule has 2 aromatic rings. The van der Waals surface area contributed by atoms with Gasteiger partial charge in [0.1, 0.15) is 18.8 Å². The number of ketones is 1. The summed E-state index contributed by atoms with van der Waals surface area (Å²) in [4.78, 5) is 53.2. The predicted octanol–water partition coefficient (Wildman–Crippen LogP) is 2.23. The van der Waals surface area contributed by atoms with Crippen LogP contribution in [0.3, 0.4) is 0 Å². The number of hydrogen-bond acceptors (Lipinski definition) is 6. The van der Waals surface area contributed by atoms with Gasteiger partial charge >= 0.3 is 6.03 Å². The van der Waals surface area contributed by atoms with Gasteiger partial charge in [0.2, 0.25) is 5.91 Å². The molecule has 0 aromatic heterocycles. The molecule has 2 saturated heterocycles. The Labute approximate surface area is 190 Å². The molecule has 0 saturated carbocycles. The minimum atomic E-state index is -1.33. The fourth-order valence-electron chi connectivity index (χ4n) is 4.37. The smallest absolute Gasteiger partial charge is 0.325 e. The molecule has 3 aliphatic rings. The van der Waals surface area contributed by atoms with Crippen LogP contribution < -0.4 is 19.7 Å². The molecule has 3 aliphatic heterocycles. The average molecular weight is 449 g/mol. The lowest BCUT2D eigenvalue weighted by Crippen LogP contribution is -2.41. The summed E-state index contributed by atoms with van der Waals surface area (Å²) in [6.45, 7) is 2.73. The van der Waals surface area contributed by atoms with E-state index in [9.17, 15) is 19.2 Å². The van der Waals surface area contributed by atoms with E-state index in [4.69, 9.17) is 9.47 Å². The van der Waals surface area contributed by atoms with Gasteiger partial charge in [0, 0.05) is 24.2 Å². The Kier molecular flexibility index (Phi) is 5.03. The second kappa shape index (κ2) is 7.91. The molecule has 4 amide bonds. The predicted molar refractivity (Wildman–Crippen MR) is 117 cm³/mol. The standard InChI is InChI=1S/C24H23N3O6/c1-24(16-6-9-19-20(13-16)33-12-11-32-19)22(30)27(23(31)25-24)14-18(28)15-4-7-17(8-5-15)26-10-2-3-21(26)29/h4-9,13H,2-3,10-12,14H2,1H3,(H,25,31)/t24-/m1/s1. The number of ether oxygens (including phenoxy) is 2. The highest BCUT2D eigenvalue weighted by Gasteiger charge is 2.49. The number of benzene rings is 2. The van der Waals surface area contributed by atoms with Gasteiger partial charge in [-0.3, -0.25) is 19.3 Å². The number of carbonyl (C=O) groups excluding carboxylic acids is 4. The van der Waals surface area contributed by atoms with Crippen LogP contribution in [0.1, 0.15) is 35.7 Å². The summed E-state index contributed by atoms with van der Waals surface area (Å²) >= 11 is 0. The highest BCUT2D eigenvalue weighted by molar-refractivity contribution is 6.11. The number of imide groups is 1. The number of fused-ring (bicyclic) bond motifs is 1. The topological polar surface area (TPSA) is 105 Å². The Balaban J connectivity index is 1.32. The summed E-state index contributed by atoms with van der Waals surface area (Å²) in [6, 6.07) is 11.1. The van der Waals surface area contributed by atoms with Gasteiger partial charge in [0.05, 0.1) is 6.54 Å². The maximum absolute atomic E-state index is 13.2. The molecule has 0 radical (unpaired) electrons. The monoisotopic (exact) mass is 449 g/mol. The Hall–Kier alpha value is -3.88. The highest BCUT2D eigenvalue weighted by Crippen LogP contribution is 2.37. The third-order valence-electron chi connectivity index (χ3n) is 6.27. The number of anilines is 1. The highest BCUT2D eigenvalue weighted by atomic mass is 16.6. The Morgan fingerprint density at radius 1 is 1.03 bits per heavy atom. The summed E-state index contributed by atoms with van der Waals surface area (Å²) < 4.78 is 11.1. The van der Waals surface area contributed by atoms with Crippen LogP contribution >= 0.6 is 0 Å². The van der Waals surface area contributed by atoms with E-state index in [1.807, 2.05) is 0 Å². The number of rotatable bonds is 5. The SMILES string of the molecule is C[C@]1(c2ccc3c(c2)OCCO3)NC(=O)N(CC(=O)c2ccc(N3CCCC3=O)cc2)C1=O. The Bertz CT molecular complexity index is 1160. The van der Waals surface area contributed by atoms with Crippen molar-refractivity contribution in [3.8, 4) is 11.5 Å². The van der Waals surface area contributed by atoms with E-state index in [2.05, 4.69) is 5.32 Å². The maximum atomic E-state index is 13.2. The first-order valence-corrected chi connectivity index (χ1v) is 10.8. The number of urea groups is 1. The quantitative estimate of drug-likeness (QED) is 0.555. The zero-order valence-electron chi connectivity index (χ0n) is 18.1. The third kappa shape index (κ3) is 3.59. The number of hydrogen-bond donors (Lipinski definition) is 1. The van der Waals surface area contributed by atoms with Crippen molar-refractivity contribution in [2.24, 2.45) is 0 Å². The summed E-state index contributed by atoms with van der Waals surface area (Å²) in [5, 5.41) is 2.71. The molecule has 3 heterocycles. The van der Waals surface area contributed by atoms with E-state index in [0.29, 0.717) is 48.8 Å². The molecule has 0 aliphatic carbocycles. The summed E-state index contributed by atoms with van der Waals surface area (Å²) in [5.74, 6) is 0.262. The van der Waals surface area contributed by atoms with Crippen molar-refractivity contribution in [3.05, 3.63) is 53.6 Å². The van der Waals surface area contributed by atoms with Crippen LogP contribution in [-0.2, 0) is 15.1 Å². The van der Waals surface area contributed by atoms with Gasteiger partial charge in [-0.15, -0.1) is 0 Å². The molecule has 9 heteroatoms. The molecule has 9 nitrogen and oxygen atoms in total. The molecule has 0 bridgehead atoms. The zero-order valence-corrected chi connectivity index (χ0v) is 18.1. The van der Waals surface area contributed by atoms with Crippen molar-refractivity contribution in [2.45, 2.75) is 25.3 Å². The van der Waals surface area contributed by atoms with Gasteiger partial charge in [-0.05, 0) is 55.3 Å². The van der Waals surface area contributed by atoms with Gasteiger partial charge < -0.3 is 19.7 Å². The maximum Gasteiger partial charge on any atom is 0.325 e. The Morgan fingerprint density at radius 2 is 1.76 bits per heavy atom. The lowest BCUT2D eigenvalue weighted by molar-refractivity contribution is -0.130. The first-order chi connectivity index (χ1) is 15.9. The minimum Gasteiger partial charge on any atom is -0.486 e. The van der Waals surface area contributed by atoms with Gasteiger partial charge in [-0.25, -0.2) is 4.79 Å². The fourth-order valence-corrected chi connectivity index (χ4v) is 4.37. The van der Waals surface area contributed by atoms with E-state index in [1.165, 1.54) is 0 Å². The third-order valence-corrected chi connectivity index (χ3v) is 6.27. The molecule has 33 heavy (non-hydrogen) atoms. The number of Topliss-reactive ketones (excluding diaryl/α,β-unsaturated/α-hetero) is 1. The van der Waals surface area contributed by atoms with E-state index < -0.39 is 17.5 Å². The van der Waals surface area contributed by atoms with Gasteiger partial charge in [-0.2, -0.15) is 0 Å². The minimum absolute atomic E-state index is 0.0619. The zero-order chi connectivity index (χ0) is 23.2. The Morgan fingerprint density at radius 3 is 2.45 bits per heavy atom. The molecule has 1 atom stereocenters. The van der Waals surface area contributed by atoms with Crippen LogP contribution in [0.2, 0.25) is 0 Å². The summed E-state index contributed by atoms with van der Waals surface area (Å²) in [5.41, 5.74) is 0.307. The largest absolute Gasteiger partial charge is 0.486 e. The van der Waals surface area contributed by atoms with Crippen molar-refractivity contribution in [2.75, 3.05) is 31.2 Å². The van der Waals surface area contributed by atoms with Crippen LogP contribution in [-0.4, -0.2) is 54.8 Å². The van der Waals surface area contributed by atoms with Crippen molar-refractivity contribution in [1.29, 1.82) is 0 Å². The van der Waals surface area contributed by atoms with Crippen LogP contribution in [0.5, 0.6) is 11.5 Å². The van der Waals surface area contributed by atoms with Crippen LogP contribution in [0.25, 0.3) is 0 Å². The molecule has 0 spiro atoms. The number of nitrogens with one attached hydrogen (secondary N) is 1.